The van der Waals surface area contributed by atoms with Crippen LogP contribution in [-0.4, -0.2) is 39.7 Å². The molecule has 0 unspecified atom stereocenters. The number of nitrogens with zero attached hydrogens (tertiary/aromatic N) is 4. The number of hydrogen-bond donors (Lipinski definition) is 0. The third-order valence-corrected chi connectivity index (χ3v) is 3.28. The van der Waals surface area contributed by atoms with E-state index in [2.05, 4.69) is 20.9 Å². The average Bonchev–Trinajstić information content (AvgIpc) is 2.87. The first-order valence-corrected chi connectivity index (χ1v) is 6.59. The summed E-state index contributed by atoms with van der Waals surface area (Å²) < 4.78 is 5.96. The second-order valence-corrected chi connectivity index (χ2v) is 4.79. The summed E-state index contributed by atoms with van der Waals surface area (Å²) in [6.45, 7) is -0.0669. The minimum Gasteiger partial charge on any atom is -0.450 e. The van der Waals surface area contributed by atoms with Gasteiger partial charge in [0, 0.05) is 11.8 Å². The Hall–Kier alpha value is -2.53. The molecule has 0 N–H and O–H groups in total. The van der Waals surface area contributed by atoms with Gasteiger partial charge in [-0.05, 0) is 12.1 Å². The second-order valence-electron chi connectivity index (χ2n) is 4.06. The van der Waals surface area contributed by atoms with E-state index in [1.165, 1.54) is 22.2 Å². The summed E-state index contributed by atoms with van der Waals surface area (Å²) in [5, 5.41) is 11.4. The Balaban J connectivity index is 2.13. The third kappa shape index (κ3) is 3.14. The zero-order valence-electron chi connectivity index (χ0n) is 11.1. The van der Waals surface area contributed by atoms with Crippen LogP contribution in [0.5, 0.6) is 0 Å². The number of rotatable bonds is 3. The van der Waals surface area contributed by atoms with Gasteiger partial charge in [-0.3, -0.25) is 9.80 Å². The topological polar surface area (TPSA) is 76.9 Å². The molecular formula is C13H11BrN4O3. The molecule has 0 saturated heterocycles. The van der Waals surface area contributed by atoms with E-state index < -0.39 is 6.09 Å². The van der Waals surface area contributed by atoms with Crippen LogP contribution in [0.3, 0.4) is 0 Å². The summed E-state index contributed by atoms with van der Waals surface area (Å²) >= 11 is 3.13. The number of carbonyl (C=O) groups excluding carboxylic acids is 2. The molecule has 1 heterocycles. The lowest BCUT2D eigenvalue weighted by molar-refractivity contribution is -0.0306. The van der Waals surface area contributed by atoms with Crippen molar-refractivity contribution in [2.24, 2.45) is 0 Å². The van der Waals surface area contributed by atoms with Crippen molar-refractivity contribution in [1.29, 1.82) is 5.26 Å². The third-order valence-electron chi connectivity index (χ3n) is 2.74. The van der Waals surface area contributed by atoms with Gasteiger partial charge in [-0.15, -0.1) is 5.12 Å². The first-order valence-electron chi connectivity index (χ1n) is 5.88. The van der Waals surface area contributed by atoms with Crippen LogP contribution in [-0.2, 0) is 4.74 Å². The first-order chi connectivity index (χ1) is 10.1. The Morgan fingerprint density at radius 2 is 2.14 bits per heavy atom. The number of amides is 1. The number of Topliss-reactive ketones (excluding diaryl/α,β-unsaturated/α-hetero) is 1. The van der Waals surface area contributed by atoms with Crippen LogP contribution in [0.25, 0.3) is 0 Å². The number of nitriles is 1. The van der Waals surface area contributed by atoms with E-state index in [4.69, 9.17) is 5.26 Å². The monoisotopic (exact) mass is 350 g/mol. The standard InChI is InChI=1S/C13H11BrN4O3/c1-21-13(20)18-16(5-6-17(18)14)9-12(19)11-4-2-3-10(7-11)8-15/h2-7H,9H2,1H3. The van der Waals surface area contributed by atoms with Crippen molar-refractivity contribution in [1.82, 2.24) is 14.2 Å². The summed E-state index contributed by atoms with van der Waals surface area (Å²) in [6, 6.07) is 8.37. The number of benzene rings is 1. The van der Waals surface area contributed by atoms with Crippen molar-refractivity contribution in [2.45, 2.75) is 0 Å². The summed E-state index contributed by atoms with van der Waals surface area (Å²) in [7, 11) is 1.25. The van der Waals surface area contributed by atoms with Crippen LogP contribution < -0.4 is 0 Å². The van der Waals surface area contributed by atoms with Gasteiger partial charge in [0.05, 0.1) is 41.1 Å². The number of halogens is 1. The van der Waals surface area contributed by atoms with Crippen molar-refractivity contribution < 1.29 is 14.3 Å². The van der Waals surface area contributed by atoms with Crippen LogP contribution >= 0.6 is 16.1 Å². The van der Waals surface area contributed by atoms with E-state index in [1.54, 1.807) is 30.6 Å². The molecule has 0 aromatic heterocycles. The van der Waals surface area contributed by atoms with Gasteiger partial charge < -0.3 is 4.74 Å². The molecule has 0 spiro atoms. The molecule has 8 heteroatoms. The normalized spacial score (nSPS) is 13.3. The fourth-order valence-electron chi connectivity index (χ4n) is 1.75. The lowest BCUT2D eigenvalue weighted by Crippen LogP contribution is -2.46. The maximum atomic E-state index is 12.2. The van der Waals surface area contributed by atoms with Gasteiger partial charge in [-0.2, -0.15) is 9.30 Å². The zero-order valence-corrected chi connectivity index (χ0v) is 12.6. The van der Waals surface area contributed by atoms with Crippen LogP contribution in [0, 0.1) is 11.3 Å². The fourth-order valence-corrected chi connectivity index (χ4v) is 2.17. The Kier molecular flexibility index (Phi) is 4.45. The quantitative estimate of drug-likeness (QED) is 0.613. The van der Waals surface area contributed by atoms with Gasteiger partial charge in [0.2, 0.25) is 0 Å². The highest BCUT2D eigenvalue weighted by molar-refractivity contribution is 9.07. The summed E-state index contributed by atoms with van der Waals surface area (Å²) in [5.41, 5.74) is 0.810. The molecule has 0 bridgehead atoms. The molecule has 0 atom stereocenters. The molecule has 7 nitrogen and oxygen atoms in total. The predicted molar refractivity (Wildman–Crippen MR) is 76.3 cm³/mol. The number of ether oxygens (including phenoxy) is 1. The van der Waals surface area contributed by atoms with Gasteiger partial charge in [-0.1, -0.05) is 12.1 Å². The van der Waals surface area contributed by atoms with Gasteiger partial charge in [-0.25, -0.2) is 4.79 Å². The Labute approximate surface area is 129 Å². The first kappa shape index (κ1) is 14.9. The van der Waals surface area contributed by atoms with E-state index in [9.17, 15) is 9.59 Å². The molecule has 1 aliphatic rings. The molecule has 0 saturated carbocycles. The maximum absolute atomic E-state index is 12.2. The molecule has 0 fully saturated rings. The minimum atomic E-state index is -0.643. The van der Waals surface area contributed by atoms with Crippen molar-refractivity contribution in [3.05, 3.63) is 47.8 Å². The van der Waals surface area contributed by atoms with Crippen molar-refractivity contribution >= 4 is 28.0 Å². The lowest BCUT2D eigenvalue weighted by Gasteiger charge is -2.29. The van der Waals surface area contributed by atoms with E-state index in [-0.39, 0.29) is 12.3 Å². The van der Waals surface area contributed by atoms with Crippen LogP contribution in [0.1, 0.15) is 15.9 Å². The number of ketones is 1. The molecule has 1 amide bonds. The molecule has 1 aromatic carbocycles. The molecule has 0 radical (unpaired) electrons. The maximum Gasteiger partial charge on any atom is 0.449 e. The van der Waals surface area contributed by atoms with E-state index in [1.807, 2.05) is 6.07 Å². The molecule has 21 heavy (non-hydrogen) atoms. The highest BCUT2D eigenvalue weighted by Gasteiger charge is 2.30. The van der Waals surface area contributed by atoms with Crippen LogP contribution in [0.15, 0.2) is 36.7 Å². The van der Waals surface area contributed by atoms with Crippen LogP contribution in [0.4, 0.5) is 4.79 Å². The van der Waals surface area contributed by atoms with E-state index in [0.717, 1.165) is 5.12 Å². The van der Waals surface area contributed by atoms with E-state index >= 15 is 0 Å². The molecule has 1 aromatic rings. The zero-order chi connectivity index (χ0) is 15.4. The Bertz CT molecular complexity index is 641. The Morgan fingerprint density at radius 1 is 1.38 bits per heavy atom. The van der Waals surface area contributed by atoms with Crippen molar-refractivity contribution in [3.8, 4) is 6.07 Å². The lowest BCUT2D eigenvalue weighted by atomic mass is 10.1. The summed E-state index contributed by atoms with van der Waals surface area (Å²) in [4.78, 5) is 23.9. The number of methoxy groups -OCH3 is 1. The smallest absolute Gasteiger partial charge is 0.449 e. The Morgan fingerprint density at radius 3 is 2.81 bits per heavy atom. The van der Waals surface area contributed by atoms with E-state index in [0.29, 0.717) is 11.1 Å². The molecular weight excluding hydrogens is 340 g/mol. The largest absolute Gasteiger partial charge is 0.450 e. The highest BCUT2D eigenvalue weighted by Crippen LogP contribution is 2.19. The SMILES string of the molecule is COC(=O)N1N(Br)C=CN1CC(=O)c1cccc(C#N)c1. The molecule has 0 aliphatic carbocycles. The summed E-state index contributed by atoms with van der Waals surface area (Å²) in [6.07, 6.45) is 2.46. The van der Waals surface area contributed by atoms with Gasteiger partial charge >= 0.3 is 6.09 Å². The minimum absolute atomic E-state index is 0.0669. The van der Waals surface area contributed by atoms with Gasteiger partial charge in [0.1, 0.15) is 6.54 Å². The second kappa shape index (κ2) is 6.28. The average molecular weight is 351 g/mol. The predicted octanol–water partition coefficient (Wildman–Crippen LogP) is 2.04. The number of hydrazine groups is 2. The van der Waals surface area contributed by atoms with Crippen molar-refractivity contribution in [3.63, 3.8) is 0 Å². The fraction of sp³-hybridized carbons (Fsp3) is 0.154. The van der Waals surface area contributed by atoms with Gasteiger partial charge in [0.25, 0.3) is 0 Å². The van der Waals surface area contributed by atoms with Gasteiger partial charge in [0.15, 0.2) is 5.78 Å². The number of carbonyl (C=O) groups is 2. The molecule has 108 valence electrons. The van der Waals surface area contributed by atoms with Crippen molar-refractivity contribution in [2.75, 3.05) is 13.7 Å². The molecule has 1 aliphatic heterocycles. The highest BCUT2D eigenvalue weighted by atomic mass is 79.9. The van der Waals surface area contributed by atoms with Crippen LogP contribution in [0.2, 0.25) is 0 Å². The number of hydrogen-bond acceptors (Lipinski definition) is 6. The summed E-state index contributed by atoms with van der Waals surface area (Å²) in [5.74, 6) is -0.228. The molecule has 2 rings (SSSR count).